The number of aryl methyl sites for hydroxylation is 2. The molecule has 4 aromatic rings. The van der Waals surface area contributed by atoms with Crippen LogP contribution in [0.3, 0.4) is 0 Å². The zero-order chi connectivity index (χ0) is 13.7. The summed E-state index contributed by atoms with van der Waals surface area (Å²) in [4.78, 5) is 8.09. The predicted octanol–water partition coefficient (Wildman–Crippen LogP) is 3.43. The first-order valence-electron chi connectivity index (χ1n) is 6.61. The monoisotopic (exact) mass is 262 g/mol. The quantitative estimate of drug-likeness (QED) is 0.571. The molecule has 4 heteroatoms. The van der Waals surface area contributed by atoms with E-state index in [9.17, 15) is 0 Å². The van der Waals surface area contributed by atoms with E-state index in [4.69, 9.17) is 4.98 Å². The van der Waals surface area contributed by atoms with Crippen LogP contribution in [-0.2, 0) is 7.05 Å². The van der Waals surface area contributed by atoms with E-state index in [0.717, 1.165) is 33.5 Å². The highest BCUT2D eigenvalue weighted by Gasteiger charge is 2.14. The van der Waals surface area contributed by atoms with Crippen molar-refractivity contribution in [3.05, 3.63) is 48.0 Å². The second-order valence-corrected chi connectivity index (χ2v) is 5.05. The van der Waals surface area contributed by atoms with Crippen LogP contribution < -0.4 is 0 Å². The highest BCUT2D eigenvalue weighted by molar-refractivity contribution is 5.93. The van der Waals surface area contributed by atoms with Gasteiger partial charge in [-0.1, -0.05) is 30.3 Å². The molecule has 0 aliphatic rings. The first-order chi connectivity index (χ1) is 9.74. The van der Waals surface area contributed by atoms with Gasteiger partial charge < -0.3 is 4.98 Å². The number of rotatable bonds is 1. The number of hydrogen-bond donors (Lipinski definition) is 1. The number of aromatic nitrogens is 4. The minimum atomic E-state index is 0.825. The Hall–Kier alpha value is -2.62. The highest BCUT2D eigenvalue weighted by Crippen LogP contribution is 2.27. The van der Waals surface area contributed by atoms with Gasteiger partial charge in [0, 0.05) is 12.4 Å². The molecule has 1 N–H and O–H groups in total. The van der Waals surface area contributed by atoms with E-state index in [-0.39, 0.29) is 0 Å². The Morgan fingerprint density at radius 3 is 2.75 bits per heavy atom. The number of nitrogens with zero attached hydrogens (tertiary/aromatic N) is 3. The number of nitrogens with one attached hydrogen (secondary N) is 1. The topological polar surface area (TPSA) is 46.5 Å². The second kappa shape index (κ2) is 3.93. The predicted molar refractivity (Wildman–Crippen MR) is 80.5 cm³/mol. The van der Waals surface area contributed by atoms with Gasteiger partial charge in [0.15, 0.2) is 5.82 Å². The minimum absolute atomic E-state index is 0.825. The van der Waals surface area contributed by atoms with Crippen molar-refractivity contribution in [2.24, 2.45) is 7.05 Å². The Balaban J connectivity index is 2.04. The lowest BCUT2D eigenvalue weighted by atomic mass is 10.2. The lowest BCUT2D eigenvalue weighted by molar-refractivity contribution is 0.798. The molecule has 0 aliphatic carbocycles. The molecule has 0 amide bonds. The molecule has 0 saturated carbocycles. The van der Waals surface area contributed by atoms with E-state index in [1.54, 1.807) is 0 Å². The summed E-state index contributed by atoms with van der Waals surface area (Å²) in [7, 11) is 1.96. The molecule has 2 heterocycles. The Kier molecular flexibility index (Phi) is 2.21. The number of aromatic amines is 1. The van der Waals surface area contributed by atoms with Gasteiger partial charge in [-0.2, -0.15) is 5.10 Å². The molecular formula is C16H14N4. The van der Waals surface area contributed by atoms with Gasteiger partial charge in [-0.25, -0.2) is 4.98 Å². The third kappa shape index (κ3) is 1.48. The van der Waals surface area contributed by atoms with E-state index < -0.39 is 0 Å². The van der Waals surface area contributed by atoms with Crippen LogP contribution in [0, 0.1) is 6.92 Å². The Labute approximate surface area is 116 Å². The zero-order valence-electron chi connectivity index (χ0n) is 11.4. The van der Waals surface area contributed by atoms with Crippen molar-refractivity contribution in [3.63, 3.8) is 0 Å². The molecule has 20 heavy (non-hydrogen) atoms. The second-order valence-electron chi connectivity index (χ2n) is 5.05. The summed E-state index contributed by atoms with van der Waals surface area (Å²) in [5.41, 5.74) is 5.25. The number of para-hydroxylation sites is 2. The van der Waals surface area contributed by atoms with Crippen molar-refractivity contribution < 1.29 is 0 Å². The fraction of sp³-hybridized carbons (Fsp3) is 0.125. The molecule has 98 valence electrons. The van der Waals surface area contributed by atoms with Crippen LogP contribution in [0.1, 0.15) is 5.56 Å². The van der Waals surface area contributed by atoms with Gasteiger partial charge in [-0.3, -0.25) is 4.68 Å². The van der Waals surface area contributed by atoms with Gasteiger partial charge in [0.1, 0.15) is 5.69 Å². The fourth-order valence-electron chi connectivity index (χ4n) is 2.68. The van der Waals surface area contributed by atoms with Crippen molar-refractivity contribution in [1.29, 1.82) is 0 Å². The van der Waals surface area contributed by atoms with Crippen molar-refractivity contribution in [2.75, 3.05) is 0 Å². The summed E-state index contributed by atoms with van der Waals surface area (Å²) in [6.07, 6.45) is 0. The van der Waals surface area contributed by atoms with Crippen LogP contribution in [0.2, 0.25) is 0 Å². The maximum Gasteiger partial charge on any atom is 0.159 e. The lowest BCUT2D eigenvalue weighted by Gasteiger charge is -1.91. The molecule has 0 bridgehead atoms. The number of H-pyrrole nitrogens is 1. The summed E-state index contributed by atoms with van der Waals surface area (Å²) in [6.45, 7) is 2.07. The molecule has 4 rings (SSSR count). The molecule has 0 spiro atoms. The Bertz CT molecular complexity index is 930. The van der Waals surface area contributed by atoms with E-state index >= 15 is 0 Å². The average Bonchev–Trinajstić information content (AvgIpc) is 3.02. The SMILES string of the molecule is Cc1cccc2[nH]c(-c3nn(C)c4ccccc34)nc12. The van der Waals surface area contributed by atoms with E-state index in [1.807, 2.05) is 36.0 Å². The Morgan fingerprint density at radius 2 is 1.90 bits per heavy atom. The van der Waals surface area contributed by atoms with Crippen LogP contribution in [0.15, 0.2) is 42.5 Å². The highest BCUT2D eigenvalue weighted by atomic mass is 15.3. The number of benzene rings is 2. The summed E-state index contributed by atoms with van der Waals surface area (Å²) in [5, 5.41) is 5.73. The molecule has 2 aromatic carbocycles. The molecular weight excluding hydrogens is 248 g/mol. The average molecular weight is 262 g/mol. The summed E-state index contributed by atoms with van der Waals surface area (Å²) < 4.78 is 1.89. The van der Waals surface area contributed by atoms with Gasteiger partial charge in [-0.05, 0) is 24.6 Å². The molecule has 2 aromatic heterocycles. The summed E-state index contributed by atoms with van der Waals surface area (Å²) in [6, 6.07) is 14.4. The van der Waals surface area contributed by atoms with Gasteiger partial charge in [0.05, 0.1) is 16.6 Å². The zero-order valence-corrected chi connectivity index (χ0v) is 11.4. The molecule has 0 saturated heterocycles. The van der Waals surface area contributed by atoms with Gasteiger partial charge in [0.25, 0.3) is 0 Å². The third-order valence-electron chi connectivity index (χ3n) is 3.70. The van der Waals surface area contributed by atoms with Gasteiger partial charge >= 0.3 is 0 Å². The number of imidazole rings is 1. The van der Waals surface area contributed by atoms with Crippen molar-refractivity contribution >= 4 is 21.9 Å². The van der Waals surface area contributed by atoms with E-state index in [2.05, 4.69) is 35.2 Å². The van der Waals surface area contributed by atoms with E-state index in [1.165, 1.54) is 5.56 Å². The molecule has 0 atom stereocenters. The van der Waals surface area contributed by atoms with Gasteiger partial charge in [0.2, 0.25) is 0 Å². The first-order valence-corrected chi connectivity index (χ1v) is 6.61. The normalized spacial score (nSPS) is 11.5. The van der Waals surface area contributed by atoms with Crippen LogP contribution in [0.5, 0.6) is 0 Å². The maximum absolute atomic E-state index is 4.71. The minimum Gasteiger partial charge on any atom is -0.337 e. The molecule has 0 fully saturated rings. The maximum atomic E-state index is 4.71. The van der Waals surface area contributed by atoms with Gasteiger partial charge in [-0.15, -0.1) is 0 Å². The summed E-state index contributed by atoms with van der Waals surface area (Å²) in [5.74, 6) is 0.825. The lowest BCUT2D eigenvalue weighted by Crippen LogP contribution is -1.90. The largest absolute Gasteiger partial charge is 0.337 e. The van der Waals surface area contributed by atoms with Crippen LogP contribution in [0.25, 0.3) is 33.5 Å². The molecule has 0 aliphatic heterocycles. The smallest absolute Gasteiger partial charge is 0.159 e. The van der Waals surface area contributed by atoms with Crippen LogP contribution >= 0.6 is 0 Å². The van der Waals surface area contributed by atoms with Crippen molar-refractivity contribution in [1.82, 2.24) is 19.7 Å². The van der Waals surface area contributed by atoms with E-state index in [0.29, 0.717) is 0 Å². The molecule has 0 unspecified atom stereocenters. The van der Waals surface area contributed by atoms with Crippen LogP contribution in [-0.4, -0.2) is 19.7 Å². The van der Waals surface area contributed by atoms with Crippen molar-refractivity contribution in [2.45, 2.75) is 6.92 Å². The van der Waals surface area contributed by atoms with Crippen LogP contribution in [0.4, 0.5) is 0 Å². The Morgan fingerprint density at radius 1 is 1.05 bits per heavy atom. The standard InChI is InChI=1S/C16H14N4/c1-10-6-5-8-12-14(10)18-16(17-12)15-11-7-3-4-9-13(11)20(2)19-15/h3-9H,1-2H3,(H,17,18). The molecule has 4 nitrogen and oxygen atoms in total. The molecule has 0 radical (unpaired) electrons. The number of fused-ring (bicyclic) bond motifs is 2. The van der Waals surface area contributed by atoms with Crippen molar-refractivity contribution in [3.8, 4) is 11.5 Å². The fourth-order valence-corrected chi connectivity index (χ4v) is 2.68. The number of hydrogen-bond acceptors (Lipinski definition) is 2. The summed E-state index contributed by atoms with van der Waals surface area (Å²) >= 11 is 0. The third-order valence-corrected chi connectivity index (χ3v) is 3.70. The first kappa shape index (κ1) is 11.2.